The van der Waals surface area contributed by atoms with Crippen molar-refractivity contribution in [2.24, 2.45) is 14.2 Å². The van der Waals surface area contributed by atoms with Crippen molar-refractivity contribution in [2.75, 3.05) is 40.1 Å². The number of carbonyl (C=O) groups is 1. The third-order valence-electron chi connectivity index (χ3n) is 7.17. The lowest BCUT2D eigenvalue weighted by atomic mass is 9.80. The van der Waals surface area contributed by atoms with E-state index in [0.717, 1.165) is 48.8 Å². The molecular formula is C28H39F3N6O4S. The van der Waals surface area contributed by atoms with Crippen LogP contribution in [0.5, 0.6) is 5.75 Å². The summed E-state index contributed by atoms with van der Waals surface area (Å²) in [7, 11) is 6.62. The molecule has 2 heterocycles. The van der Waals surface area contributed by atoms with Gasteiger partial charge >= 0.3 is 6.18 Å². The number of anilines is 1. The topological polar surface area (TPSA) is 123 Å². The van der Waals surface area contributed by atoms with Gasteiger partial charge in [-0.3, -0.25) is 4.79 Å². The van der Waals surface area contributed by atoms with Gasteiger partial charge in [-0.1, -0.05) is 20.8 Å². The van der Waals surface area contributed by atoms with E-state index in [1.165, 1.54) is 14.1 Å². The van der Waals surface area contributed by atoms with Crippen LogP contribution in [0.25, 0.3) is 0 Å². The van der Waals surface area contributed by atoms with Gasteiger partial charge in [0, 0.05) is 14.1 Å². The third-order valence-corrected chi connectivity index (χ3v) is 7.85. The lowest BCUT2D eigenvalue weighted by Gasteiger charge is -2.33. The van der Waals surface area contributed by atoms with Gasteiger partial charge in [-0.15, -0.1) is 8.80 Å². The number of unbranched alkanes of at least 4 members (excludes halogenated alkanes) is 1. The largest absolute Gasteiger partial charge is 0.505 e. The number of nitrogens with zero attached hydrogens (tertiary/aromatic N) is 4. The number of aromatic hydroxyl groups is 1. The van der Waals surface area contributed by atoms with Crippen LogP contribution in [0.1, 0.15) is 73.3 Å². The highest BCUT2D eigenvalue weighted by Gasteiger charge is 2.39. The molecule has 1 amide bonds. The van der Waals surface area contributed by atoms with Gasteiger partial charge in [-0.25, -0.2) is 4.21 Å². The normalized spacial score (nSPS) is 16.3. The maximum Gasteiger partial charge on any atom is 0.417 e. The van der Waals surface area contributed by atoms with Crippen molar-refractivity contribution in [3.63, 3.8) is 0 Å². The van der Waals surface area contributed by atoms with E-state index in [-0.39, 0.29) is 22.8 Å². The van der Waals surface area contributed by atoms with Gasteiger partial charge in [0.25, 0.3) is 17.1 Å². The SMILES string of the molecule is CCC(C)(C)C(NC1=NS(=O)N=C1Nc1ccc(C(F)(F)F)c(C(=O)N(C)C)c1O)c1cc(CCCCN(C)C)co1. The van der Waals surface area contributed by atoms with Crippen molar-refractivity contribution in [3.05, 3.63) is 46.9 Å². The summed E-state index contributed by atoms with van der Waals surface area (Å²) in [6.45, 7) is 7.07. The van der Waals surface area contributed by atoms with Crippen molar-refractivity contribution >= 4 is 34.4 Å². The highest BCUT2D eigenvalue weighted by Crippen LogP contribution is 2.41. The molecule has 14 heteroatoms. The lowest BCUT2D eigenvalue weighted by molar-refractivity contribution is -0.138. The second-order valence-electron chi connectivity index (χ2n) is 11.4. The zero-order valence-corrected chi connectivity index (χ0v) is 25.7. The Morgan fingerprint density at radius 2 is 1.79 bits per heavy atom. The van der Waals surface area contributed by atoms with Gasteiger partial charge in [-0.05, 0) is 75.5 Å². The number of phenols is 1. The fourth-order valence-electron chi connectivity index (χ4n) is 4.36. The van der Waals surface area contributed by atoms with Gasteiger partial charge < -0.3 is 30.0 Å². The number of amides is 1. The molecule has 0 bridgehead atoms. The highest BCUT2D eigenvalue weighted by molar-refractivity contribution is 7.83. The number of furan rings is 1. The average molecular weight is 613 g/mol. The summed E-state index contributed by atoms with van der Waals surface area (Å²) in [5.41, 5.74) is -1.76. The molecule has 232 valence electrons. The molecule has 3 N–H and O–H groups in total. The summed E-state index contributed by atoms with van der Waals surface area (Å²) in [4.78, 5) is 15.7. The molecule has 1 aromatic carbocycles. The molecule has 42 heavy (non-hydrogen) atoms. The van der Waals surface area contributed by atoms with Crippen LogP contribution >= 0.6 is 0 Å². The molecular weight excluding hydrogens is 573 g/mol. The monoisotopic (exact) mass is 612 g/mol. The Kier molecular flexibility index (Phi) is 10.5. The number of halogens is 3. The van der Waals surface area contributed by atoms with Crippen molar-refractivity contribution in [1.82, 2.24) is 15.1 Å². The van der Waals surface area contributed by atoms with Crippen LogP contribution < -0.4 is 10.6 Å². The Morgan fingerprint density at radius 1 is 1.12 bits per heavy atom. The minimum atomic E-state index is -4.88. The van der Waals surface area contributed by atoms with Crippen LogP contribution in [-0.4, -0.2) is 71.4 Å². The van der Waals surface area contributed by atoms with Gasteiger partial charge in [0.15, 0.2) is 17.4 Å². The maximum atomic E-state index is 13.7. The first-order chi connectivity index (χ1) is 19.5. The van der Waals surface area contributed by atoms with E-state index < -0.39 is 46.2 Å². The molecule has 0 saturated heterocycles. The predicted octanol–water partition coefficient (Wildman–Crippen LogP) is 5.16. The lowest BCUT2D eigenvalue weighted by Crippen LogP contribution is -2.42. The van der Waals surface area contributed by atoms with E-state index >= 15 is 0 Å². The minimum Gasteiger partial charge on any atom is -0.505 e. The Hall–Kier alpha value is -3.39. The molecule has 0 fully saturated rings. The molecule has 2 aromatic rings. The van der Waals surface area contributed by atoms with E-state index in [1.807, 2.05) is 40.9 Å². The zero-order chi connectivity index (χ0) is 31.4. The smallest absolute Gasteiger partial charge is 0.417 e. The van der Waals surface area contributed by atoms with E-state index in [2.05, 4.69) is 24.3 Å². The standard InChI is InChI=1S/C28H39F3N6O4S/c1-8-27(2,3)23(20-15-17(16-41-20)11-9-10-14-36(4)5)33-25-24(34-42(40)35-25)32-19-13-12-18(28(29,30)31)21(22(19)38)26(39)37(6)7/h12-13,15-16,23,38H,8-11,14H2,1-7H3,(H,32,34)(H,33,35). The number of nitrogens with one attached hydrogen (secondary N) is 2. The summed E-state index contributed by atoms with van der Waals surface area (Å²) in [6, 6.07) is 3.21. The number of rotatable bonds is 11. The average Bonchev–Trinajstić information content (AvgIpc) is 3.50. The van der Waals surface area contributed by atoms with Gasteiger partial charge in [0.05, 0.1) is 29.1 Å². The van der Waals surface area contributed by atoms with E-state index in [0.29, 0.717) is 11.8 Å². The third kappa shape index (κ3) is 7.91. The molecule has 1 aliphatic heterocycles. The molecule has 1 aromatic heterocycles. The maximum absolute atomic E-state index is 13.7. The van der Waals surface area contributed by atoms with Crippen molar-refractivity contribution in [3.8, 4) is 5.75 Å². The van der Waals surface area contributed by atoms with E-state index in [4.69, 9.17) is 4.42 Å². The van der Waals surface area contributed by atoms with E-state index in [9.17, 15) is 27.3 Å². The molecule has 0 saturated carbocycles. The summed E-state index contributed by atoms with van der Waals surface area (Å²) < 4.78 is 67.4. The number of aryl methyl sites for hydroxylation is 1. The summed E-state index contributed by atoms with van der Waals surface area (Å²) >= 11 is -2.03. The first-order valence-electron chi connectivity index (χ1n) is 13.5. The molecule has 2 atom stereocenters. The Morgan fingerprint density at radius 3 is 2.38 bits per heavy atom. The summed E-state index contributed by atoms with van der Waals surface area (Å²) in [6.07, 6.45) is 0.449. The summed E-state index contributed by atoms with van der Waals surface area (Å²) in [5, 5.41) is 16.8. The van der Waals surface area contributed by atoms with Crippen molar-refractivity contribution in [1.29, 1.82) is 0 Å². The van der Waals surface area contributed by atoms with Gasteiger partial charge in [0.2, 0.25) is 0 Å². The quantitative estimate of drug-likeness (QED) is 0.237. The number of benzene rings is 1. The van der Waals surface area contributed by atoms with E-state index in [1.54, 1.807) is 6.26 Å². The Balaban J connectivity index is 1.90. The van der Waals surface area contributed by atoms with Crippen LogP contribution in [0.4, 0.5) is 18.9 Å². The van der Waals surface area contributed by atoms with Crippen molar-refractivity contribution < 1.29 is 31.7 Å². The predicted molar refractivity (Wildman–Crippen MR) is 158 cm³/mol. The second kappa shape index (κ2) is 13.3. The van der Waals surface area contributed by atoms with Crippen LogP contribution in [0.15, 0.2) is 37.7 Å². The molecule has 0 aliphatic carbocycles. The van der Waals surface area contributed by atoms with Crippen LogP contribution in [0.2, 0.25) is 0 Å². The fraction of sp³-hybridized carbons (Fsp3) is 0.536. The number of hydrogen-bond donors (Lipinski definition) is 3. The number of carbonyl (C=O) groups excluding carboxylic acids is 1. The van der Waals surface area contributed by atoms with Crippen molar-refractivity contribution in [2.45, 2.75) is 58.7 Å². The number of hydrogen-bond acceptors (Lipinski definition) is 7. The van der Waals surface area contributed by atoms with Gasteiger partial charge in [-0.2, -0.15) is 13.2 Å². The number of phenolic OH excluding ortho intramolecular Hbond substituents is 1. The molecule has 10 nitrogen and oxygen atoms in total. The molecule has 1 aliphatic rings. The zero-order valence-electron chi connectivity index (χ0n) is 24.9. The minimum absolute atomic E-state index is 0.0704. The first kappa shape index (κ1) is 33.1. The molecule has 0 radical (unpaired) electrons. The second-order valence-corrected chi connectivity index (χ2v) is 12.2. The number of amidine groups is 2. The van der Waals surface area contributed by atoms with Crippen LogP contribution in [-0.2, 0) is 23.8 Å². The van der Waals surface area contributed by atoms with Crippen LogP contribution in [0.3, 0.4) is 0 Å². The number of alkyl halides is 3. The Bertz CT molecular complexity index is 1370. The molecule has 2 unspecified atom stereocenters. The first-order valence-corrected chi connectivity index (χ1v) is 14.6. The molecule has 3 rings (SSSR count). The Labute approximate surface area is 246 Å². The fourth-order valence-corrected chi connectivity index (χ4v) is 4.99. The molecule has 0 spiro atoms. The van der Waals surface area contributed by atoms with Crippen LogP contribution in [0, 0.1) is 5.41 Å². The van der Waals surface area contributed by atoms with Gasteiger partial charge in [0.1, 0.15) is 5.76 Å². The highest BCUT2D eigenvalue weighted by atomic mass is 32.2. The summed E-state index contributed by atoms with van der Waals surface area (Å²) in [5.74, 6) is -1.31.